The summed E-state index contributed by atoms with van der Waals surface area (Å²) in [4.78, 5) is 10.7. The molecule has 6 heteroatoms. The summed E-state index contributed by atoms with van der Waals surface area (Å²) in [6, 6.07) is 4.23. The lowest BCUT2D eigenvalue weighted by Crippen LogP contribution is -2.46. The molecule has 0 aromatic heterocycles. The van der Waals surface area contributed by atoms with Crippen LogP contribution in [0.3, 0.4) is 0 Å². The molecule has 94 valence electrons. The predicted molar refractivity (Wildman–Crippen MR) is 58.8 cm³/mol. The molecule has 0 radical (unpaired) electrons. The van der Waals surface area contributed by atoms with E-state index in [1.54, 1.807) is 12.1 Å². The Kier molecular flexibility index (Phi) is 4.40. The molecule has 0 saturated carbocycles. The number of hydrogen-bond acceptors (Lipinski definition) is 1. The third-order valence-corrected chi connectivity index (χ3v) is 2.34. The minimum absolute atomic E-state index is 0.330. The van der Waals surface area contributed by atoms with E-state index in [-0.39, 0.29) is 6.42 Å². The molecular weight excluding hydrogens is 255 g/mol. The highest BCUT2D eigenvalue weighted by atomic mass is 35.5. The first kappa shape index (κ1) is 13.8. The molecule has 1 aromatic carbocycles. The fourth-order valence-corrected chi connectivity index (χ4v) is 1.61. The maximum absolute atomic E-state index is 12.6. The van der Waals surface area contributed by atoms with Crippen molar-refractivity contribution in [1.29, 1.82) is 0 Å². The Hall–Kier alpha value is -1.23. The van der Waals surface area contributed by atoms with Gasteiger partial charge in [0.05, 0.1) is 0 Å². The van der Waals surface area contributed by atoms with Gasteiger partial charge in [-0.15, -0.1) is 0 Å². The molecule has 1 N–H and O–H groups in total. The molecule has 2 nitrogen and oxygen atoms in total. The number of alkyl halides is 3. The van der Waals surface area contributed by atoms with E-state index in [9.17, 15) is 18.0 Å². The maximum Gasteiger partial charge on any atom is 0.408 e. The van der Waals surface area contributed by atoms with Crippen molar-refractivity contribution in [2.75, 3.05) is 0 Å². The van der Waals surface area contributed by atoms with Crippen LogP contribution in [0, 0.1) is 0 Å². The standard InChI is InChI=1S/C11H11ClF3NO/c1-7(17)16-10(11(13,14)15)6-8-3-2-4-9(12)5-8/h2-5,10H,6H2,1H3,(H,16,17). The Balaban J connectivity index is 2.83. The van der Waals surface area contributed by atoms with Gasteiger partial charge in [-0.25, -0.2) is 0 Å². The summed E-state index contributed by atoms with van der Waals surface area (Å²) in [6.45, 7) is 1.05. The monoisotopic (exact) mass is 265 g/mol. The lowest BCUT2D eigenvalue weighted by molar-refractivity contribution is -0.160. The zero-order valence-electron chi connectivity index (χ0n) is 9.01. The first-order valence-electron chi connectivity index (χ1n) is 4.87. The Morgan fingerprint density at radius 2 is 2.12 bits per heavy atom. The van der Waals surface area contributed by atoms with E-state index in [4.69, 9.17) is 11.6 Å². The molecule has 0 aliphatic carbocycles. The number of rotatable bonds is 3. The second kappa shape index (κ2) is 5.40. The van der Waals surface area contributed by atoms with Crippen molar-refractivity contribution >= 4 is 17.5 Å². The van der Waals surface area contributed by atoms with Crippen LogP contribution in [0.2, 0.25) is 5.02 Å². The van der Waals surface area contributed by atoms with E-state index in [0.717, 1.165) is 6.92 Å². The molecule has 17 heavy (non-hydrogen) atoms. The minimum Gasteiger partial charge on any atom is -0.344 e. The van der Waals surface area contributed by atoms with Crippen molar-refractivity contribution in [3.63, 3.8) is 0 Å². The quantitative estimate of drug-likeness (QED) is 0.894. The zero-order valence-corrected chi connectivity index (χ0v) is 9.77. The molecule has 1 amide bonds. The molecule has 1 atom stereocenters. The molecule has 0 saturated heterocycles. The van der Waals surface area contributed by atoms with E-state index in [1.165, 1.54) is 12.1 Å². The van der Waals surface area contributed by atoms with Crippen LogP contribution in [0.5, 0.6) is 0 Å². The van der Waals surface area contributed by atoms with Crippen LogP contribution in [-0.2, 0) is 11.2 Å². The van der Waals surface area contributed by atoms with Crippen LogP contribution in [0.4, 0.5) is 13.2 Å². The van der Waals surface area contributed by atoms with Gasteiger partial charge in [0.15, 0.2) is 0 Å². The van der Waals surface area contributed by atoms with Crippen LogP contribution in [0.25, 0.3) is 0 Å². The molecule has 1 aromatic rings. The number of hydrogen-bond donors (Lipinski definition) is 1. The van der Waals surface area contributed by atoms with E-state index in [0.29, 0.717) is 10.6 Å². The molecule has 0 aliphatic heterocycles. The van der Waals surface area contributed by atoms with Gasteiger partial charge in [-0.2, -0.15) is 13.2 Å². The van der Waals surface area contributed by atoms with Gasteiger partial charge >= 0.3 is 6.18 Å². The molecule has 0 aliphatic rings. The summed E-state index contributed by atoms with van der Waals surface area (Å²) >= 11 is 5.68. The van der Waals surface area contributed by atoms with Gasteiger partial charge in [-0.3, -0.25) is 4.79 Å². The van der Waals surface area contributed by atoms with Crippen molar-refractivity contribution in [2.24, 2.45) is 0 Å². The van der Waals surface area contributed by atoms with Crippen LogP contribution >= 0.6 is 11.6 Å². The van der Waals surface area contributed by atoms with Crippen molar-refractivity contribution in [3.05, 3.63) is 34.9 Å². The molecule has 0 heterocycles. The lowest BCUT2D eigenvalue weighted by atomic mass is 10.1. The Bertz CT molecular complexity index is 406. The molecule has 0 spiro atoms. The highest BCUT2D eigenvalue weighted by Gasteiger charge is 2.40. The van der Waals surface area contributed by atoms with Gasteiger partial charge in [-0.05, 0) is 17.7 Å². The highest BCUT2D eigenvalue weighted by Crippen LogP contribution is 2.24. The molecule has 1 unspecified atom stereocenters. The van der Waals surface area contributed by atoms with Crippen LogP contribution in [0.15, 0.2) is 24.3 Å². The minimum atomic E-state index is -4.48. The highest BCUT2D eigenvalue weighted by molar-refractivity contribution is 6.30. The van der Waals surface area contributed by atoms with Crippen molar-refractivity contribution < 1.29 is 18.0 Å². The SMILES string of the molecule is CC(=O)NC(Cc1cccc(Cl)c1)C(F)(F)F. The van der Waals surface area contributed by atoms with E-state index >= 15 is 0 Å². The largest absolute Gasteiger partial charge is 0.408 e. The number of benzene rings is 1. The van der Waals surface area contributed by atoms with Gasteiger partial charge in [0.2, 0.25) is 5.91 Å². The summed E-state index contributed by atoms with van der Waals surface area (Å²) < 4.78 is 37.9. The fraction of sp³-hybridized carbons (Fsp3) is 0.364. The van der Waals surface area contributed by atoms with Crippen molar-refractivity contribution in [2.45, 2.75) is 25.6 Å². The van der Waals surface area contributed by atoms with Gasteiger partial charge in [0, 0.05) is 18.4 Å². The average Bonchev–Trinajstić information content (AvgIpc) is 2.14. The smallest absolute Gasteiger partial charge is 0.344 e. The third-order valence-electron chi connectivity index (χ3n) is 2.10. The second-order valence-corrected chi connectivity index (χ2v) is 4.07. The fourth-order valence-electron chi connectivity index (χ4n) is 1.39. The summed E-state index contributed by atoms with van der Waals surface area (Å²) in [6.07, 6.45) is -4.81. The normalized spacial score (nSPS) is 13.2. The summed E-state index contributed by atoms with van der Waals surface area (Å²) in [7, 11) is 0. The third kappa shape index (κ3) is 4.65. The van der Waals surface area contributed by atoms with Gasteiger partial charge in [0.1, 0.15) is 6.04 Å². The van der Waals surface area contributed by atoms with Crippen LogP contribution < -0.4 is 5.32 Å². The second-order valence-electron chi connectivity index (χ2n) is 3.63. The van der Waals surface area contributed by atoms with E-state index in [2.05, 4.69) is 0 Å². The average molecular weight is 266 g/mol. The molecule has 1 rings (SSSR count). The van der Waals surface area contributed by atoms with Crippen molar-refractivity contribution in [1.82, 2.24) is 5.32 Å². The number of carbonyl (C=O) groups is 1. The van der Waals surface area contributed by atoms with E-state index in [1.807, 2.05) is 5.32 Å². The Morgan fingerprint density at radius 3 is 2.59 bits per heavy atom. The first-order chi connectivity index (χ1) is 7.79. The van der Waals surface area contributed by atoms with Gasteiger partial charge < -0.3 is 5.32 Å². The lowest BCUT2D eigenvalue weighted by Gasteiger charge is -2.21. The Morgan fingerprint density at radius 1 is 1.47 bits per heavy atom. The Labute approximate surface area is 102 Å². The predicted octanol–water partition coefficient (Wildman–Crippen LogP) is 2.95. The summed E-state index contributed by atoms with van der Waals surface area (Å²) in [5, 5.41) is 2.25. The topological polar surface area (TPSA) is 29.1 Å². The summed E-state index contributed by atoms with van der Waals surface area (Å²) in [5.74, 6) is -0.714. The number of halogens is 4. The van der Waals surface area contributed by atoms with Gasteiger partial charge in [0.25, 0.3) is 0 Å². The first-order valence-corrected chi connectivity index (χ1v) is 5.25. The van der Waals surface area contributed by atoms with E-state index < -0.39 is 18.1 Å². The molecule has 0 fully saturated rings. The summed E-state index contributed by atoms with van der Waals surface area (Å²) in [5.41, 5.74) is 0.425. The van der Waals surface area contributed by atoms with Crippen LogP contribution in [-0.4, -0.2) is 18.1 Å². The number of nitrogens with one attached hydrogen (secondary N) is 1. The van der Waals surface area contributed by atoms with Crippen molar-refractivity contribution in [3.8, 4) is 0 Å². The van der Waals surface area contributed by atoms with Crippen LogP contribution in [0.1, 0.15) is 12.5 Å². The zero-order chi connectivity index (χ0) is 13.1. The molecule has 0 bridgehead atoms. The number of amides is 1. The maximum atomic E-state index is 12.6. The van der Waals surface area contributed by atoms with Gasteiger partial charge in [-0.1, -0.05) is 23.7 Å². The molecular formula is C11H11ClF3NO. The number of carbonyl (C=O) groups excluding carboxylic acids is 1.